The summed E-state index contributed by atoms with van der Waals surface area (Å²) in [5.41, 5.74) is 2.97. The average molecular weight is 452 g/mol. The second kappa shape index (κ2) is 12.5. The number of hydrogen-bond donors (Lipinski definition) is 0. The molecule has 0 fully saturated rings. The van der Waals surface area contributed by atoms with Crippen LogP contribution in [0.15, 0.2) is 48.7 Å². The van der Waals surface area contributed by atoms with Gasteiger partial charge in [-0.15, -0.1) is 0 Å². The molecule has 7 heteroatoms. The van der Waals surface area contributed by atoms with Gasteiger partial charge in [0, 0.05) is 71.0 Å². The number of carbonyl (C=O) groups excluding carboxylic acids is 2. The number of carbonyl (C=O) groups is 2. The van der Waals surface area contributed by atoms with Gasteiger partial charge in [-0.3, -0.25) is 19.5 Å². The van der Waals surface area contributed by atoms with Gasteiger partial charge in [0.05, 0.1) is 5.69 Å². The Balaban J connectivity index is 1.84. The van der Waals surface area contributed by atoms with E-state index in [1.807, 2.05) is 77.5 Å². The van der Waals surface area contributed by atoms with Gasteiger partial charge in [-0.1, -0.05) is 24.3 Å². The summed E-state index contributed by atoms with van der Waals surface area (Å²) in [5, 5.41) is 0. The van der Waals surface area contributed by atoms with Crippen LogP contribution in [0.25, 0.3) is 0 Å². The highest BCUT2D eigenvalue weighted by Crippen LogP contribution is 2.24. The number of aromatic nitrogens is 1. The molecule has 0 saturated carbocycles. The summed E-state index contributed by atoms with van der Waals surface area (Å²) in [5.74, 6) is 0.183. The van der Waals surface area contributed by atoms with Gasteiger partial charge in [0.15, 0.2) is 0 Å². The number of para-hydroxylation sites is 1. The maximum atomic E-state index is 13.1. The quantitative estimate of drug-likeness (QED) is 0.699. The molecule has 0 atom stereocenters. The van der Waals surface area contributed by atoms with Gasteiger partial charge in [-0.2, -0.15) is 0 Å². The molecule has 178 valence electrons. The molecule has 0 spiro atoms. The Hall–Kier alpha value is -2.77. The third-order valence-electron chi connectivity index (χ3n) is 6.02. The molecule has 0 unspecified atom stereocenters. The van der Waals surface area contributed by atoms with Gasteiger partial charge in [-0.05, 0) is 50.7 Å². The Morgan fingerprint density at radius 3 is 2.39 bits per heavy atom. The van der Waals surface area contributed by atoms with Crippen LogP contribution >= 0.6 is 0 Å². The maximum Gasteiger partial charge on any atom is 0.224 e. The number of rotatable bonds is 5. The first-order valence-corrected chi connectivity index (χ1v) is 11.8. The minimum absolute atomic E-state index is 0.0290. The Morgan fingerprint density at radius 1 is 0.970 bits per heavy atom. The van der Waals surface area contributed by atoms with Crippen LogP contribution in [0.2, 0.25) is 0 Å². The van der Waals surface area contributed by atoms with Crippen LogP contribution in [0.4, 0.5) is 5.69 Å². The second-order valence-electron chi connectivity index (χ2n) is 8.97. The monoisotopic (exact) mass is 451 g/mol. The molecule has 3 rings (SSSR count). The highest BCUT2D eigenvalue weighted by Gasteiger charge is 2.21. The van der Waals surface area contributed by atoms with Gasteiger partial charge in [0.2, 0.25) is 11.8 Å². The fourth-order valence-electron chi connectivity index (χ4n) is 4.26. The minimum atomic E-state index is 0.0290. The molecule has 0 aliphatic carbocycles. The molecule has 0 bridgehead atoms. The van der Waals surface area contributed by atoms with Crippen LogP contribution in [0.1, 0.15) is 37.4 Å². The van der Waals surface area contributed by atoms with Crippen molar-refractivity contribution in [2.45, 2.75) is 39.3 Å². The minimum Gasteiger partial charge on any atom is -0.338 e. The lowest BCUT2D eigenvalue weighted by Crippen LogP contribution is -2.38. The first-order chi connectivity index (χ1) is 15.9. The summed E-state index contributed by atoms with van der Waals surface area (Å²) >= 11 is 0. The van der Waals surface area contributed by atoms with Crippen molar-refractivity contribution < 1.29 is 9.59 Å². The molecular formula is C26H37N5O2. The molecule has 1 aliphatic rings. The number of amides is 2. The van der Waals surface area contributed by atoms with Crippen molar-refractivity contribution in [3.63, 3.8) is 0 Å². The standard InChI is InChI=1S/C26H37N5O2/c1-22(32)31-18-9-16-29(21-24-11-6-7-14-27-24)15-8-17-30(26(33)13-19-28(2)3)20-23-10-4-5-12-25(23)31/h4-7,10-12,14H,8-9,13,15-21H2,1-3H3. The third-order valence-corrected chi connectivity index (χ3v) is 6.02. The van der Waals surface area contributed by atoms with Crippen LogP contribution in [0, 0.1) is 0 Å². The highest BCUT2D eigenvalue weighted by atomic mass is 16.2. The van der Waals surface area contributed by atoms with Crippen molar-refractivity contribution in [3.05, 3.63) is 59.9 Å². The van der Waals surface area contributed by atoms with E-state index < -0.39 is 0 Å². The number of fused-ring (bicyclic) bond motifs is 1. The Labute approximate surface area is 198 Å². The van der Waals surface area contributed by atoms with E-state index in [9.17, 15) is 9.59 Å². The summed E-state index contributed by atoms with van der Waals surface area (Å²) in [6.07, 6.45) is 4.10. The largest absolute Gasteiger partial charge is 0.338 e. The molecule has 0 N–H and O–H groups in total. The van der Waals surface area contributed by atoms with E-state index in [1.165, 1.54) is 0 Å². The first-order valence-electron chi connectivity index (χ1n) is 11.8. The number of pyridine rings is 1. The van der Waals surface area contributed by atoms with E-state index in [4.69, 9.17) is 0 Å². The van der Waals surface area contributed by atoms with Crippen molar-refractivity contribution in [2.24, 2.45) is 0 Å². The normalized spacial score (nSPS) is 16.1. The summed E-state index contributed by atoms with van der Waals surface area (Å²) in [4.78, 5) is 38.4. The van der Waals surface area contributed by atoms with Crippen molar-refractivity contribution in [1.29, 1.82) is 0 Å². The molecule has 2 amide bonds. The lowest BCUT2D eigenvalue weighted by molar-refractivity contribution is -0.132. The van der Waals surface area contributed by atoms with Gasteiger partial charge in [-0.25, -0.2) is 0 Å². The van der Waals surface area contributed by atoms with Gasteiger partial charge in [0.25, 0.3) is 0 Å². The number of anilines is 1. The highest BCUT2D eigenvalue weighted by molar-refractivity contribution is 5.92. The Morgan fingerprint density at radius 2 is 1.70 bits per heavy atom. The predicted molar refractivity (Wildman–Crippen MR) is 132 cm³/mol. The number of nitrogens with zero attached hydrogens (tertiary/aromatic N) is 5. The summed E-state index contributed by atoms with van der Waals surface area (Å²) in [6, 6.07) is 14.0. The van der Waals surface area contributed by atoms with E-state index in [-0.39, 0.29) is 11.8 Å². The maximum absolute atomic E-state index is 13.1. The van der Waals surface area contributed by atoms with Crippen molar-refractivity contribution in [3.8, 4) is 0 Å². The zero-order chi connectivity index (χ0) is 23.6. The van der Waals surface area contributed by atoms with Gasteiger partial charge in [0.1, 0.15) is 0 Å². The topological polar surface area (TPSA) is 60.0 Å². The average Bonchev–Trinajstić information content (AvgIpc) is 2.79. The third kappa shape index (κ3) is 7.65. The number of benzene rings is 1. The first kappa shape index (κ1) is 24.9. The lowest BCUT2D eigenvalue weighted by Gasteiger charge is -2.31. The fourth-order valence-corrected chi connectivity index (χ4v) is 4.26. The van der Waals surface area contributed by atoms with E-state index in [2.05, 4.69) is 9.88 Å². The molecule has 1 aromatic heterocycles. The van der Waals surface area contributed by atoms with Crippen molar-refractivity contribution >= 4 is 17.5 Å². The Kier molecular flexibility index (Phi) is 9.39. The number of hydrogen-bond acceptors (Lipinski definition) is 5. The van der Waals surface area contributed by atoms with E-state index >= 15 is 0 Å². The second-order valence-corrected chi connectivity index (χ2v) is 8.97. The molecule has 1 aromatic carbocycles. The SMILES string of the molecule is CC(=O)N1CCCN(Cc2ccccn2)CCCN(C(=O)CCN(C)C)Cc2ccccc21. The van der Waals surface area contributed by atoms with Gasteiger partial charge >= 0.3 is 0 Å². The smallest absolute Gasteiger partial charge is 0.224 e. The molecular weight excluding hydrogens is 414 g/mol. The zero-order valence-electron chi connectivity index (χ0n) is 20.2. The van der Waals surface area contributed by atoms with Gasteiger partial charge < -0.3 is 14.7 Å². The molecule has 0 saturated heterocycles. The summed E-state index contributed by atoms with van der Waals surface area (Å²) in [6.45, 7) is 6.74. The van der Waals surface area contributed by atoms with Crippen molar-refractivity contribution in [1.82, 2.24) is 19.7 Å². The van der Waals surface area contributed by atoms with Crippen molar-refractivity contribution in [2.75, 3.05) is 51.7 Å². The summed E-state index contributed by atoms with van der Waals surface area (Å²) < 4.78 is 0. The molecule has 33 heavy (non-hydrogen) atoms. The molecule has 7 nitrogen and oxygen atoms in total. The van der Waals surface area contributed by atoms with Crippen LogP contribution in [-0.2, 0) is 22.7 Å². The molecule has 1 aliphatic heterocycles. The molecule has 2 aromatic rings. The van der Waals surface area contributed by atoms with Crippen LogP contribution < -0.4 is 4.90 Å². The van der Waals surface area contributed by atoms with E-state index in [1.54, 1.807) is 6.92 Å². The van der Waals surface area contributed by atoms with E-state index in [0.29, 0.717) is 26.1 Å². The van der Waals surface area contributed by atoms with Crippen LogP contribution in [0.3, 0.4) is 0 Å². The Bertz CT molecular complexity index is 903. The summed E-state index contributed by atoms with van der Waals surface area (Å²) in [7, 11) is 3.97. The molecule has 0 radical (unpaired) electrons. The lowest BCUT2D eigenvalue weighted by atomic mass is 10.1. The zero-order valence-corrected chi connectivity index (χ0v) is 20.2. The fraction of sp³-hybridized carbons (Fsp3) is 0.500. The van der Waals surface area contributed by atoms with Crippen LogP contribution in [-0.4, -0.2) is 78.3 Å². The van der Waals surface area contributed by atoms with E-state index in [0.717, 1.165) is 56.0 Å². The van der Waals surface area contributed by atoms with Crippen LogP contribution in [0.5, 0.6) is 0 Å². The predicted octanol–water partition coefficient (Wildman–Crippen LogP) is 3.01. The molecule has 2 heterocycles.